The molecule has 1 unspecified atom stereocenters. The fraction of sp³-hybridized carbons (Fsp3) is 0.154. The third-order valence-electron chi connectivity index (χ3n) is 5.71. The van der Waals surface area contributed by atoms with E-state index in [4.69, 9.17) is 4.74 Å². The van der Waals surface area contributed by atoms with Crippen molar-refractivity contribution in [2.45, 2.75) is 23.9 Å². The lowest BCUT2D eigenvalue weighted by molar-refractivity contribution is 0.0994. The zero-order chi connectivity index (χ0) is 23.7. The molecule has 0 aliphatic rings. The first-order chi connectivity index (χ1) is 16.6. The minimum absolute atomic E-state index is 0.00833. The highest BCUT2D eigenvalue weighted by atomic mass is 32.2. The first-order valence-electron chi connectivity index (χ1n) is 10.8. The van der Waals surface area contributed by atoms with Crippen LogP contribution in [0, 0.1) is 0 Å². The van der Waals surface area contributed by atoms with Crippen LogP contribution in [0.25, 0.3) is 16.7 Å². The molecule has 2 heterocycles. The molecule has 8 heteroatoms. The second-order valence-corrected chi connectivity index (χ2v) is 9.14. The maximum atomic E-state index is 13.5. The number of aromatic nitrogens is 4. The summed E-state index contributed by atoms with van der Waals surface area (Å²) in [5, 5.41) is 9.47. The molecular formula is C26H22N4O3S. The van der Waals surface area contributed by atoms with E-state index < -0.39 is 0 Å². The van der Waals surface area contributed by atoms with Crippen LogP contribution in [0.3, 0.4) is 0 Å². The van der Waals surface area contributed by atoms with Gasteiger partial charge in [-0.25, -0.2) is 0 Å². The molecular weight excluding hydrogens is 448 g/mol. The van der Waals surface area contributed by atoms with Gasteiger partial charge in [-0.15, -0.1) is 10.2 Å². The second-order valence-electron chi connectivity index (χ2n) is 7.83. The zero-order valence-corrected chi connectivity index (χ0v) is 19.5. The van der Waals surface area contributed by atoms with Gasteiger partial charge in [-0.05, 0) is 25.1 Å². The molecule has 170 valence electrons. The molecule has 7 nitrogen and oxygen atoms in total. The third kappa shape index (κ3) is 3.86. The normalized spacial score (nSPS) is 12.2. The van der Waals surface area contributed by atoms with Crippen LogP contribution >= 0.6 is 11.8 Å². The standard InChI is InChI=1S/C26H22N4O3S/c1-17(23(31)18-10-4-3-5-11-18)34-26-28-27-25-29(16-19-12-6-9-15-22(19)33-2)24(32)20-13-7-8-14-21(20)30(25)26/h3-15,17H,16H2,1-2H3. The van der Waals surface area contributed by atoms with Crippen LogP contribution in [0.15, 0.2) is 88.8 Å². The lowest BCUT2D eigenvalue weighted by atomic mass is 10.1. The number of hydrogen-bond acceptors (Lipinski definition) is 6. The van der Waals surface area contributed by atoms with Crippen molar-refractivity contribution in [3.8, 4) is 5.75 Å². The minimum atomic E-state index is -0.386. The summed E-state index contributed by atoms with van der Waals surface area (Å²) in [4.78, 5) is 26.4. The van der Waals surface area contributed by atoms with Crippen LogP contribution < -0.4 is 10.3 Å². The molecule has 0 aliphatic heterocycles. The maximum absolute atomic E-state index is 13.5. The number of ketones is 1. The van der Waals surface area contributed by atoms with Crippen molar-refractivity contribution >= 4 is 34.2 Å². The fourth-order valence-corrected chi connectivity index (χ4v) is 4.94. The number of carbonyl (C=O) groups excluding carboxylic acids is 1. The van der Waals surface area contributed by atoms with Gasteiger partial charge >= 0.3 is 0 Å². The van der Waals surface area contributed by atoms with Crippen molar-refractivity contribution in [3.63, 3.8) is 0 Å². The van der Waals surface area contributed by atoms with E-state index in [1.54, 1.807) is 17.7 Å². The van der Waals surface area contributed by atoms with Crippen molar-refractivity contribution in [1.29, 1.82) is 0 Å². The quantitative estimate of drug-likeness (QED) is 0.258. The maximum Gasteiger partial charge on any atom is 0.263 e. The first kappa shape index (κ1) is 21.9. The highest BCUT2D eigenvalue weighted by Crippen LogP contribution is 2.27. The van der Waals surface area contributed by atoms with Gasteiger partial charge in [0.25, 0.3) is 5.56 Å². The van der Waals surface area contributed by atoms with Gasteiger partial charge in [0, 0.05) is 11.1 Å². The Hall–Kier alpha value is -3.91. The number of benzene rings is 3. The fourth-order valence-electron chi connectivity index (χ4n) is 4.01. The Morgan fingerprint density at radius 3 is 2.47 bits per heavy atom. The Morgan fingerprint density at radius 1 is 0.971 bits per heavy atom. The van der Waals surface area contributed by atoms with E-state index in [0.29, 0.717) is 33.1 Å². The van der Waals surface area contributed by atoms with Crippen LogP contribution in [0.5, 0.6) is 5.75 Å². The van der Waals surface area contributed by atoms with Gasteiger partial charge in [0.2, 0.25) is 5.78 Å². The molecule has 0 radical (unpaired) electrons. The Bertz CT molecular complexity index is 1560. The summed E-state index contributed by atoms with van der Waals surface area (Å²) in [6, 6.07) is 24.1. The molecule has 0 bridgehead atoms. The summed E-state index contributed by atoms with van der Waals surface area (Å²) in [5.41, 5.74) is 2.04. The first-order valence-corrected chi connectivity index (χ1v) is 11.7. The van der Waals surface area contributed by atoms with Gasteiger partial charge < -0.3 is 4.74 Å². The Morgan fingerprint density at radius 2 is 1.68 bits per heavy atom. The second kappa shape index (κ2) is 9.15. The van der Waals surface area contributed by atoms with Crippen LogP contribution in [0.2, 0.25) is 0 Å². The summed E-state index contributed by atoms with van der Waals surface area (Å²) in [6.45, 7) is 2.13. The summed E-state index contributed by atoms with van der Waals surface area (Å²) in [7, 11) is 1.61. The van der Waals surface area contributed by atoms with Crippen molar-refractivity contribution in [3.05, 3.63) is 100 Å². The highest BCUT2D eigenvalue weighted by molar-refractivity contribution is 8.00. The molecule has 3 aromatic carbocycles. The number of methoxy groups -OCH3 is 1. The molecule has 1 atom stereocenters. The van der Waals surface area contributed by atoms with E-state index in [-0.39, 0.29) is 23.1 Å². The van der Waals surface area contributed by atoms with Crippen LogP contribution in [-0.4, -0.2) is 37.3 Å². The number of hydrogen-bond donors (Lipinski definition) is 0. The highest BCUT2D eigenvalue weighted by Gasteiger charge is 2.22. The van der Waals surface area contributed by atoms with Crippen LogP contribution in [0.1, 0.15) is 22.8 Å². The molecule has 0 spiro atoms. The predicted octanol–water partition coefficient (Wildman–Crippen LogP) is 4.46. The molecule has 0 aliphatic carbocycles. The summed E-state index contributed by atoms with van der Waals surface area (Å²) >= 11 is 1.33. The zero-order valence-electron chi connectivity index (χ0n) is 18.7. The number of Topliss-reactive ketones (excluding diaryl/α,β-unsaturated/α-hetero) is 1. The molecule has 5 aromatic rings. The Labute approximate surface area is 200 Å². The molecule has 0 saturated heterocycles. The molecule has 0 fully saturated rings. The van der Waals surface area contributed by atoms with Crippen molar-refractivity contribution in [2.24, 2.45) is 0 Å². The summed E-state index contributed by atoms with van der Waals surface area (Å²) in [5.74, 6) is 1.11. The lowest BCUT2D eigenvalue weighted by Crippen LogP contribution is -2.24. The van der Waals surface area contributed by atoms with Crippen LogP contribution in [0.4, 0.5) is 0 Å². The van der Waals surface area contributed by atoms with E-state index in [1.165, 1.54) is 11.8 Å². The van der Waals surface area contributed by atoms with Gasteiger partial charge in [-0.2, -0.15) is 0 Å². The smallest absolute Gasteiger partial charge is 0.263 e. The molecule has 34 heavy (non-hydrogen) atoms. The largest absolute Gasteiger partial charge is 0.496 e. The number of rotatable bonds is 7. The van der Waals surface area contributed by atoms with Gasteiger partial charge in [0.15, 0.2) is 10.9 Å². The van der Waals surface area contributed by atoms with Gasteiger partial charge in [-0.1, -0.05) is 72.4 Å². The number of fused-ring (bicyclic) bond motifs is 3. The van der Waals surface area contributed by atoms with E-state index >= 15 is 0 Å². The van der Waals surface area contributed by atoms with Crippen molar-refractivity contribution in [1.82, 2.24) is 19.2 Å². The third-order valence-corrected chi connectivity index (χ3v) is 6.75. The minimum Gasteiger partial charge on any atom is -0.496 e. The van der Waals surface area contributed by atoms with Gasteiger partial charge in [-0.3, -0.25) is 18.6 Å². The number of thioether (sulfide) groups is 1. The van der Waals surface area contributed by atoms with E-state index in [1.807, 2.05) is 84.1 Å². The SMILES string of the molecule is COc1ccccc1Cn1c(=O)c2ccccc2n2c(SC(C)C(=O)c3ccccc3)nnc12. The summed E-state index contributed by atoms with van der Waals surface area (Å²) in [6.07, 6.45) is 0. The van der Waals surface area contributed by atoms with Crippen LogP contribution in [-0.2, 0) is 6.54 Å². The number of carbonyl (C=O) groups is 1. The van der Waals surface area contributed by atoms with E-state index in [2.05, 4.69) is 10.2 Å². The monoisotopic (exact) mass is 470 g/mol. The number of para-hydroxylation sites is 2. The lowest BCUT2D eigenvalue weighted by Gasteiger charge is -2.14. The molecule has 0 saturated carbocycles. The van der Waals surface area contributed by atoms with Crippen molar-refractivity contribution in [2.75, 3.05) is 7.11 Å². The topological polar surface area (TPSA) is 78.5 Å². The van der Waals surface area contributed by atoms with E-state index in [0.717, 1.165) is 5.56 Å². The number of nitrogens with zero attached hydrogens (tertiary/aromatic N) is 4. The Balaban J connectivity index is 1.63. The predicted molar refractivity (Wildman–Crippen MR) is 133 cm³/mol. The molecule has 0 amide bonds. The summed E-state index contributed by atoms with van der Waals surface area (Å²) < 4.78 is 8.93. The van der Waals surface area contributed by atoms with E-state index in [9.17, 15) is 9.59 Å². The Kier molecular flexibility index (Phi) is 5.90. The number of ether oxygens (including phenoxy) is 1. The van der Waals surface area contributed by atoms with Gasteiger partial charge in [0.1, 0.15) is 5.75 Å². The average Bonchev–Trinajstić information content (AvgIpc) is 3.30. The average molecular weight is 471 g/mol. The molecule has 2 aromatic heterocycles. The molecule has 0 N–H and O–H groups in total. The van der Waals surface area contributed by atoms with Crippen molar-refractivity contribution < 1.29 is 9.53 Å². The van der Waals surface area contributed by atoms with Gasteiger partial charge in [0.05, 0.1) is 29.8 Å². The molecule has 5 rings (SSSR count).